The van der Waals surface area contributed by atoms with Gasteiger partial charge in [0.25, 0.3) is 0 Å². The topological polar surface area (TPSA) is 67.8 Å². The van der Waals surface area contributed by atoms with E-state index in [0.717, 1.165) is 19.3 Å². The molecule has 0 unspecified atom stereocenters. The lowest BCUT2D eigenvalue weighted by molar-refractivity contribution is -0.00648. The molecule has 0 aromatic heterocycles. The average molecular weight is 259 g/mol. The molecule has 18 heavy (non-hydrogen) atoms. The molecule has 1 fully saturated rings. The third-order valence-corrected chi connectivity index (χ3v) is 3.19. The van der Waals surface area contributed by atoms with Crippen LogP contribution in [-0.4, -0.2) is 42.7 Å². The first-order valence-corrected chi connectivity index (χ1v) is 6.50. The third-order valence-electron chi connectivity index (χ3n) is 3.19. The fourth-order valence-corrected chi connectivity index (χ4v) is 2.37. The minimum absolute atomic E-state index is 0.0382. The zero-order valence-electron chi connectivity index (χ0n) is 11.7. The first-order valence-electron chi connectivity index (χ1n) is 6.50. The number of hydrogen-bond donors (Lipinski definition) is 2. The lowest BCUT2D eigenvalue weighted by Gasteiger charge is -2.37. The summed E-state index contributed by atoms with van der Waals surface area (Å²) in [6.45, 7) is 5.53. The predicted molar refractivity (Wildman–Crippen MR) is 68.4 cm³/mol. The van der Waals surface area contributed by atoms with Crippen LogP contribution in [-0.2, 0) is 9.47 Å². The second kappa shape index (κ2) is 6.38. The van der Waals surface area contributed by atoms with E-state index < -0.39 is 11.7 Å². The Morgan fingerprint density at radius 2 is 2.06 bits per heavy atom. The molecule has 106 valence electrons. The van der Waals surface area contributed by atoms with Crippen LogP contribution in [0.2, 0.25) is 0 Å². The van der Waals surface area contributed by atoms with Crippen molar-refractivity contribution >= 4 is 6.09 Å². The highest BCUT2D eigenvalue weighted by molar-refractivity contribution is 5.68. The predicted octanol–water partition coefficient (Wildman–Crippen LogP) is 1.69. The van der Waals surface area contributed by atoms with Gasteiger partial charge in [-0.2, -0.15) is 0 Å². The molecular weight excluding hydrogens is 234 g/mol. The monoisotopic (exact) mass is 259 g/mol. The molecule has 0 heterocycles. The van der Waals surface area contributed by atoms with E-state index in [1.165, 1.54) is 0 Å². The number of aliphatic hydroxyl groups excluding tert-OH is 1. The number of ether oxygens (including phenoxy) is 2. The van der Waals surface area contributed by atoms with Crippen molar-refractivity contribution in [1.82, 2.24) is 5.32 Å². The second-order valence-electron chi connectivity index (χ2n) is 5.82. The molecule has 0 aromatic rings. The molecule has 1 rings (SSSR count). The maximum absolute atomic E-state index is 11.8. The van der Waals surface area contributed by atoms with Gasteiger partial charge in [0, 0.05) is 19.6 Å². The number of rotatable bonds is 3. The van der Waals surface area contributed by atoms with E-state index in [1.54, 1.807) is 7.11 Å². The van der Waals surface area contributed by atoms with Crippen LogP contribution in [0, 0.1) is 5.92 Å². The van der Waals surface area contributed by atoms with Gasteiger partial charge in [-0.25, -0.2) is 4.79 Å². The van der Waals surface area contributed by atoms with Gasteiger partial charge in [0.1, 0.15) is 5.60 Å². The minimum Gasteiger partial charge on any atom is -0.444 e. The van der Waals surface area contributed by atoms with Gasteiger partial charge in [-0.1, -0.05) is 6.42 Å². The highest BCUT2D eigenvalue weighted by Gasteiger charge is 2.35. The van der Waals surface area contributed by atoms with Crippen molar-refractivity contribution in [2.24, 2.45) is 5.92 Å². The van der Waals surface area contributed by atoms with Crippen molar-refractivity contribution < 1.29 is 19.4 Å². The Morgan fingerprint density at radius 1 is 1.39 bits per heavy atom. The summed E-state index contributed by atoms with van der Waals surface area (Å²) >= 11 is 0. The summed E-state index contributed by atoms with van der Waals surface area (Å²) in [7, 11) is 1.63. The van der Waals surface area contributed by atoms with Crippen LogP contribution in [0.15, 0.2) is 0 Å². The average Bonchev–Trinajstić information content (AvgIpc) is 2.26. The first-order chi connectivity index (χ1) is 8.37. The van der Waals surface area contributed by atoms with Crippen LogP contribution in [0.1, 0.15) is 40.0 Å². The van der Waals surface area contributed by atoms with Crippen LogP contribution in [0.3, 0.4) is 0 Å². The zero-order valence-corrected chi connectivity index (χ0v) is 11.7. The number of methoxy groups -OCH3 is 1. The molecule has 3 atom stereocenters. The normalized spacial score (nSPS) is 28.8. The van der Waals surface area contributed by atoms with E-state index in [2.05, 4.69) is 5.32 Å². The van der Waals surface area contributed by atoms with Crippen LogP contribution >= 0.6 is 0 Å². The van der Waals surface area contributed by atoms with E-state index in [9.17, 15) is 9.90 Å². The fourth-order valence-electron chi connectivity index (χ4n) is 2.37. The Labute approximate surface area is 109 Å². The Kier molecular flexibility index (Phi) is 5.41. The van der Waals surface area contributed by atoms with Gasteiger partial charge in [0.05, 0.1) is 12.1 Å². The summed E-state index contributed by atoms with van der Waals surface area (Å²) in [4.78, 5) is 11.8. The molecule has 0 aliphatic heterocycles. The Bertz CT molecular complexity index is 263. The SMILES string of the molecule is CO[C@@H]1CCC[C@H](CO)[C@H]1NC(=O)OC(C)(C)C. The van der Waals surface area contributed by atoms with Crippen molar-refractivity contribution in [3.05, 3.63) is 0 Å². The standard InChI is InChI=1S/C13H25NO4/c1-13(2,3)18-12(16)14-11-9(8-15)6-5-7-10(11)17-4/h9-11,15H,5-8H2,1-4H3,(H,14,16)/t9-,10-,11-/m1/s1. The van der Waals surface area contributed by atoms with Crippen LogP contribution in [0.5, 0.6) is 0 Å². The van der Waals surface area contributed by atoms with E-state index in [-0.39, 0.29) is 24.7 Å². The number of hydrogen-bond acceptors (Lipinski definition) is 4. The molecule has 1 aliphatic rings. The van der Waals surface area contributed by atoms with Gasteiger partial charge in [-0.05, 0) is 33.6 Å². The van der Waals surface area contributed by atoms with Gasteiger partial charge < -0.3 is 19.9 Å². The highest BCUT2D eigenvalue weighted by atomic mass is 16.6. The van der Waals surface area contributed by atoms with Crippen LogP contribution in [0.4, 0.5) is 4.79 Å². The molecule has 0 saturated heterocycles. The molecule has 0 bridgehead atoms. The number of carbonyl (C=O) groups is 1. The summed E-state index contributed by atoms with van der Waals surface area (Å²) in [6, 6.07) is -0.177. The van der Waals surface area contributed by atoms with Gasteiger partial charge >= 0.3 is 6.09 Å². The molecule has 0 aromatic carbocycles. The zero-order chi connectivity index (χ0) is 13.8. The number of carbonyl (C=O) groups excluding carboxylic acids is 1. The van der Waals surface area contributed by atoms with Crippen molar-refractivity contribution in [3.8, 4) is 0 Å². The van der Waals surface area contributed by atoms with Crippen molar-refractivity contribution in [2.75, 3.05) is 13.7 Å². The maximum Gasteiger partial charge on any atom is 0.407 e. The number of amides is 1. The second-order valence-corrected chi connectivity index (χ2v) is 5.82. The number of nitrogens with one attached hydrogen (secondary N) is 1. The van der Waals surface area contributed by atoms with Crippen molar-refractivity contribution in [2.45, 2.75) is 57.8 Å². The molecule has 1 aliphatic carbocycles. The highest BCUT2D eigenvalue weighted by Crippen LogP contribution is 2.26. The largest absolute Gasteiger partial charge is 0.444 e. The molecule has 2 N–H and O–H groups in total. The summed E-state index contributed by atoms with van der Waals surface area (Å²) in [5, 5.41) is 12.2. The molecule has 0 radical (unpaired) electrons. The Morgan fingerprint density at radius 3 is 2.56 bits per heavy atom. The number of aliphatic hydroxyl groups is 1. The van der Waals surface area contributed by atoms with E-state index in [1.807, 2.05) is 20.8 Å². The van der Waals surface area contributed by atoms with E-state index >= 15 is 0 Å². The fraction of sp³-hybridized carbons (Fsp3) is 0.923. The maximum atomic E-state index is 11.8. The molecule has 1 amide bonds. The minimum atomic E-state index is -0.518. The molecule has 5 heteroatoms. The lowest BCUT2D eigenvalue weighted by Crippen LogP contribution is -2.53. The number of alkyl carbamates (subject to hydrolysis) is 1. The smallest absolute Gasteiger partial charge is 0.407 e. The van der Waals surface area contributed by atoms with Crippen molar-refractivity contribution in [3.63, 3.8) is 0 Å². The first kappa shape index (κ1) is 15.2. The molecule has 5 nitrogen and oxygen atoms in total. The quantitative estimate of drug-likeness (QED) is 0.809. The van der Waals surface area contributed by atoms with Gasteiger partial charge in [0.15, 0.2) is 0 Å². The van der Waals surface area contributed by atoms with E-state index in [4.69, 9.17) is 9.47 Å². The van der Waals surface area contributed by atoms with Gasteiger partial charge in [-0.3, -0.25) is 0 Å². The lowest BCUT2D eigenvalue weighted by atomic mass is 9.83. The van der Waals surface area contributed by atoms with Gasteiger partial charge in [-0.15, -0.1) is 0 Å². The van der Waals surface area contributed by atoms with Crippen LogP contribution in [0.25, 0.3) is 0 Å². The van der Waals surface area contributed by atoms with Gasteiger partial charge in [0.2, 0.25) is 0 Å². The molecule has 1 saturated carbocycles. The third kappa shape index (κ3) is 4.46. The Hall–Kier alpha value is -0.810. The van der Waals surface area contributed by atoms with Crippen molar-refractivity contribution in [1.29, 1.82) is 0 Å². The molecular formula is C13H25NO4. The van der Waals surface area contributed by atoms with E-state index in [0.29, 0.717) is 0 Å². The summed E-state index contributed by atoms with van der Waals surface area (Å²) in [5.74, 6) is 0.0382. The van der Waals surface area contributed by atoms with Crippen LogP contribution < -0.4 is 5.32 Å². The summed E-state index contributed by atoms with van der Waals surface area (Å²) in [5.41, 5.74) is -0.518. The summed E-state index contributed by atoms with van der Waals surface area (Å²) in [6.07, 6.45) is 2.30. The summed E-state index contributed by atoms with van der Waals surface area (Å²) < 4.78 is 10.6. The molecule has 0 spiro atoms. The Balaban J connectivity index is 2.61.